The molecule has 0 bridgehead atoms. The number of ether oxygens (including phenoxy) is 1. The van der Waals surface area contributed by atoms with Gasteiger partial charge in [0.2, 0.25) is 0 Å². The van der Waals surface area contributed by atoms with E-state index in [2.05, 4.69) is 47.1 Å². The Labute approximate surface area is 127 Å². The lowest BCUT2D eigenvalue weighted by molar-refractivity contribution is 0.409. The van der Waals surface area contributed by atoms with E-state index < -0.39 is 0 Å². The molecule has 0 aliphatic carbocycles. The van der Waals surface area contributed by atoms with Crippen molar-refractivity contribution in [1.82, 2.24) is 0 Å². The van der Waals surface area contributed by atoms with Gasteiger partial charge < -0.3 is 4.74 Å². The van der Waals surface area contributed by atoms with Gasteiger partial charge in [0, 0.05) is 4.47 Å². The minimum atomic E-state index is -0.0775. The van der Waals surface area contributed by atoms with Crippen molar-refractivity contribution in [3.05, 3.63) is 63.6 Å². The van der Waals surface area contributed by atoms with Crippen molar-refractivity contribution in [2.45, 2.75) is 18.7 Å². The second-order valence-corrected chi connectivity index (χ2v) is 5.89. The monoisotopic (exact) mass is 338 g/mol. The molecule has 1 atom stereocenters. The topological polar surface area (TPSA) is 9.23 Å². The molecule has 19 heavy (non-hydrogen) atoms. The predicted octanol–water partition coefficient (Wildman–Crippen LogP) is 5.29. The number of benzene rings is 2. The van der Waals surface area contributed by atoms with Gasteiger partial charge in [-0.05, 0) is 42.2 Å². The molecular weight excluding hydrogens is 324 g/mol. The first-order chi connectivity index (χ1) is 9.11. The molecule has 0 saturated heterocycles. The van der Waals surface area contributed by atoms with E-state index in [-0.39, 0.29) is 5.38 Å². The highest BCUT2D eigenvalue weighted by Crippen LogP contribution is 2.33. The van der Waals surface area contributed by atoms with E-state index in [1.165, 1.54) is 5.56 Å². The molecule has 0 spiro atoms. The third-order valence-electron chi connectivity index (χ3n) is 3.09. The second-order valence-electron chi connectivity index (χ2n) is 4.51. The quantitative estimate of drug-likeness (QED) is 0.688. The zero-order chi connectivity index (χ0) is 13.8. The van der Waals surface area contributed by atoms with Crippen LogP contribution in [0.2, 0.25) is 0 Å². The number of methoxy groups -OCH3 is 1. The molecular formula is C16H16BrClO. The molecule has 0 heterocycles. The van der Waals surface area contributed by atoms with Gasteiger partial charge in [0.1, 0.15) is 5.75 Å². The third-order valence-corrected chi connectivity index (χ3v) is 4.16. The van der Waals surface area contributed by atoms with E-state index in [9.17, 15) is 0 Å². The smallest absolute Gasteiger partial charge is 0.122 e. The number of alkyl halides is 1. The van der Waals surface area contributed by atoms with Crippen LogP contribution in [0.1, 0.15) is 22.1 Å². The number of aryl methyl sites for hydroxylation is 1. The molecule has 0 N–H and O–H groups in total. The Morgan fingerprint density at radius 2 is 1.95 bits per heavy atom. The maximum absolute atomic E-state index is 6.54. The second kappa shape index (κ2) is 6.44. The number of halogens is 2. The first-order valence-corrected chi connectivity index (χ1v) is 7.36. The SMILES string of the molecule is COc1ccccc1CC(Cl)c1ccc(C)cc1Br. The Morgan fingerprint density at radius 1 is 1.21 bits per heavy atom. The van der Waals surface area contributed by atoms with Crippen LogP contribution in [0, 0.1) is 6.92 Å². The maximum Gasteiger partial charge on any atom is 0.122 e. The molecule has 2 rings (SSSR count). The lowest BCUT2D eigenvalue weighted by Crippen LogP contribution is -1.99. The fourth-order valence-electron chi connectivity index (χ4n) is 2.06. The molecule has 0 aliphatic heterocycles. The molecule has 0 aliphatic rings. The van der Waals surface area contributed by atoms with Crippen molar-refractivity contribution >= 4 is 27.5 Å². The van der Waals surface area contributed by atoms with Crippen molar-refractivity contribution in [3.63, 3.8) is 0 Å². The molecule has 0 amide bonds. The number of hydrogen-bond donors (Lipinski definition) is 0. The summed E-state index contributed by atoms with van der Waals surface area (Å²) >= 11 is 10.1. The van der Waals surface area contributed by atoms with Crippen LogP contribution in [0.5, 0.6) is 5.75 Å². The zero-order valence-corrected chi connectivity index (χ0v) is 13.3. The highest BCUT2D eigenvalue weighted by molar-refractivity contribution is 9.10. The van der Waals surface area contributed by atoms with E-state index in [0.29, 0.717) is 0 Å². The third kappa shape index (κ3) is 3.52. The fraction of sp³-hybridized carbons (Fsp3) is 0.250. The van der Waals surface area contributed by atoms with Crippen LogP contribution >= 0.6 is 27.5 Å². The van der Waals surface area contributed by atoms with Gasteiger partial charge in [-0.2, -0.15) is 0 Å². The Hall–Kier alpha value is -0.990. The lowest BCUT2D eigenvalue weighted by atomic mass is 10.0. The van der Waals surface area contributed by atoms with Gasteiger partial charge in [-0.25, -0.2) is 0 Å². The molecule has 3 heteroatoms. The van der Waals surface area contributed by atoms with E-state index >= 15 is 0 Å². The van der Waals surface area contributed by atoms with Crippen LogP contribution in [0.15, 0.2) is 46.9 Å². The summed E-state index contributed by atoms with van der Waals surface area (Å²) in [5, 5.41) is -0.0775. The Bertz CT molecular complexity index is 568. The van der Waals surface area contributed by atoms with Crippen LogP contribution in [0.4, 0.5) is 0 Å². The van der Waals surface area contributed by atoms with Crippen molar-refractivity contribution in [2.24, 2.45) is 0 Å². The number of rotatable bonds is 4. The largest absolute Gasteiger partial charge is 0.496 e. The van der Waals surface area contributed by atoms with E-state index in [1.54, 1.807) is 7.11 Å². The average molecular weight is 340 g/mol. The summed E-state index contributed by atoms with van der Waals surface area (Å²) in [6, 6.07) is 14.2. The summed E-state index contributed by atoms with van der Waals surface area (Å²) in [5.41, 5.74) is 3.45. The maximum atomic E-state index is 6.54. The highest BCUT2D eigenvalue weighted by Gasteiger charge is 2.14. The van der Waals surface area contributed by atoms with Gasteiger partial charge in [0.05, 0.1) is 12.5 Å². The van der Waals surface area contributed by atoms with Crippen molar-refractivity contribution < 1.29 is 4.74 Å². The summed E-state index contributed by atoms with van der Waals surface area (Å²) in [6.07, 6.45) is 0.743. The van der Waals surface area contributed by atoms with Gasteiger partial charge in [-0.1, -0.05) is 46.3 Å². The summed E-state index contributed by atoms with van der Waals surface area (Å²) in [7, 11) is 1.68. The van der Waals surface area contributed by atoms with Gasteiger partial charge >= 0.3 is 0 Å². The van der Waals surface area contributed by atoms with E-state index in [0.717, 1.165) is 27.8 Å². The van der Waals surface area contributed by atoms with Crippen molar-refractivity contribution in [1.29, 1.82) is 0 Å². The van der Waals surface area contributed by atoms with Crippen LogP contribution in [0.3, 0.4) is 0 Å². The molecule has 2 aromatic carbocycles. The number of para-hydroxylation sites is 1. The normalized spacial score (nSPS) is 12.2. The molecule has 1 unspecified atom stereocenters. The van der Waals surface area contributed by atoms with E-state index in [4.69, 9.17) is 16.3 Å². The highest BCUT2D eigenvalue weighted by atomic mass is 79.9. The van der Waals surface area contributed by atoms with Gasteiger partial charge in [-0.15, -0.1) is 11.6 Å². The summed E-state index contributed by atoms with van der Waals surface area (Å²) in [4.78, 5) is 0. The Balaban J connectivity index is 2.23. The van der Waals surface area contributed by atoms with Gasteiger partial charge in [-0.3, -0.25) is 0 Å². The van der Waals surface area contributed by atoms with Crippen LogP contribution in [0.25, 0.3) is 0 Å². The molecule has 0 aromatic heterocycles. The molecule has 2 aromatic rings. The van der Waals surface area contributed by atoms with Crippen LogP contribution in [-0.2, 0) is 6.42 Å². The fourth-order valence-corrected chi connectivity index (χ4v) is 3.32. The zero-order valence-electron chi connectivity index (χ0n) is 11.0. The predicted molar refractivity (Wildman–Crippen MR) is 84.2 cm³/mol. The summed E-state index contributed by atoms with van der Waals surface area (Å²) in [6.45, 7) is 2.07. The Kier molecular flexibility index (Phi) is 4.89. The first kappa shape index (κ1) is 14.4. The minimum absolute atomic E-state index is 0.0775. The molecule has 1 nitrogen and oxygen atoms in total. The van der Waals surface area contributed by atoms with Crippen LogP contribution < -0.4 is 4.74 Å². The lowest BCUT2D eigenvalue weighted by Gasteiger charge is -2.14. The minimum Gasteiger partial charge on any atom is -0.496 e. The first-order valence-electron chi connectivity index (χ1n) is 6.14. The summed E-state index contributed by atoms with van der Waals surface area (Å²) < 4.78 is 6.42. The standard InChI is InChI=1S/C16H16BrClO/c1-11-7-8-13(14(17)9-11)15(18)10-12-5-3-4-6-16(12)19-2/h3-9,15H,10H2,1-2H3. The van der Waals surface area contributed by atoms with Crippen molar-refractivity contribution in [3.8, 4) is 5.75 Å². The average Bonchev–Trinajstić information content (AvgIpc) is 2.39. The van der Waals surface area contributed by atoms with Gasteiger partial charge in [0.25, 0.3) is 0 Å². The van der Waals surface area contributed by atoms with Crippen LogP contribution in [-0.4, -0.2) is 7.11 Å². The summed E-state index contributed by atoms with van der Waals surface area (Å²) in [5.74, 6) is 0.886. The van der Waals surface area contributed by atoms with Gasteiger partial charge in [0.15, 0.2) is 0 Å². The van der Waals surface area contributed by atoms with E-state index in [1.807, 2.05) is 18.2 Å². The molecule has 100 valence electrons. The Morgan fingerprint density at radius 3 is 2.63 bits per heavy atom. The number of hydrogen-bond acceptors (Lipinski definition) is 1. The molecule has 0 radical (unpaired) electrons. The molecule has 0 fully saturated rings. The van der Waals surface area contributed by atoms with Crippen molar-refractivity contribution in [2.75, 3.05) is 7.11 Å². The molecule has 0 saturated carbocycles.